The Morgan fingerprint density at radius 3 is 2.73 bits per heavy atom. The summed E-state index contributed by atoms with van der Waals surface area (Å²) in [6.07, 6.45) is 2.17. The van der Waals surface area contributed by atoms with Gasteiger partial charge in [0.05, 0.1) is 12.1 Å². The maximum absolute atomic E-state index is 12.0. The lowest BCUT2D eigenvalue weighted by molar-refractivity contribution is 0.00694. The third-order valence-corrected chi connectivity index (χ3v) is 2.83. The second kappa shape index (κ2) is 8.41. The first-order valence-corrected chi connectivity index (χ1v) is 7.68. The van der Waals surface area contributed by atoms with Crippen LogP contribution in [-0.2, 0) is 11.3 Å². The Hall–Kier alpha value is -2.04. The van der Waals surface area contributed by atoms with Crippen LogP contribution in [0.1, 0.15) is 56.5 Å². The minimum Gasteiger partial charge on any atom is -0.456 e. The molecule has 0 aromatic heterocycles. The van der Waals surface area contributed by atoms with Gasteiger partial charge < -0.3 is 15.8 Å². The highest BCUT2D eigenvalue weighted by molar-refractivity contribution is 5.89. The summed E-state index contributed by atoms with van der Waals surface area (Å²) in [5, 5.41) is 3.06. The number of ether oxygens (including phenoxy) is 1. The van der Waals surface area contributed by atoms with E-state index in [9.17, 15) is 4.79 Å². The van der Waals surface area contributed by atoms with E-state index in [1.54, 1.807) is 12.1 Å². The SMILES string of the molecule is CCCCNC(N)=NCc1cccc(C(=O)OC(C)(C)C)c1. The molecule has 0 saturated heterocycles. The molecule has 0 heterocycles. The highest BCUT2D eigenvalue weighted by Gasteiger charge is 2.17. The smallest absolute Gasteiger partial charge is 0.338 e. The van der Waals surface area contributed by atoms with E-state index in [2.05, 4.69) is 17.2 Å². The number of carbonyl (C=O) groups is 1. The zero-order valence-corrected chi connectivity index (χ0v) is 14.0. The van der Waals surface area contributed by atoms with Gasteiger partial charge in [0.2, 0.25) is 0 Å². The van der Waals surface area contributed by atoms with Crippen molar-refractivity contribution in [2.75, 3.05) is 6.54 Å². The van der Waals surface area contributed by atoms with Crippen LogP contribution in [0.15, 0.2) is 29.3 Å². The van der Waals surface area contributed by atoms with Gasteiger partial charge in [-0.2, -0.15) is 0 Å². The number of unbranched alkanes of at least 4 members (excludes halogenated alkanes) is 1. The fourth-order valence-corrected chi connectivity index (χ4v) is 1.76. The van der Waals surface area contributed by atoms with Gasteiger partial charge in [-0.05, 0) is 44.9 Å². The summed E-state index contributed by atoms with van der Waals surface area (Å²) in [5.41, 5.74) is 6.74. The van der Waals surface area contributed by atoms with Crippen molar-refractivity contribution in [2.45, 2.75) is 52.7 Å². The molecule has 0 spiro atoms. The van der Waals surface area contributed by atoms with Crippen molar-refractivity contribution in [3.8, 4) is 0 Å². The van der Waals surface area contributed by atoms with Crippen LogP contribution in [0.3, 0.4) is 0 Å². The first-order valence-electron chi connectivity index (χ1n) is 7.68. The van der Waals surface area contributed by atoms with Gasteiger partial charge in [0.15, 0.2) is 5.96 Å². The first kappa shape index (κ1) is 18.0. The number of carbonyl (C=O) groups excluding carboxylic acids is 1. The van der Waals surface area contributed by atoms with Crippen LogP contribution in [0.4, 0.5) is 0 Å². The molecule has 1 aromatic rings. The van der Waals surface area contributed by atoms with E-state index in [1.807, 2.05) is 32.9 Å². The van der Waals surface area contributed by atoms with Gasteiger partial charge in [0.1, 0.15) is 5.60 Å². The lowest BCUT2D eigenvalue weighted by Crippen LogP contribution is -2.32. The lowest BCUT2D eigenvalue weighted by atomic mass is 10.1. The van der Waals surface area contributed by atoms with Gasteiger partial charge in [-0.1, -0.05) is 25.5 Å². The van der Waals surface area contributed by atoms with E-state index >= 15 is 0 Å². The maximum Gasteiger partial charge on any atom is 0.338 e. The molecule has 0 bridgehead atoms. The molecule has 22 heavy (non-hydrogen) atoms. The molecule has 5 heteroatoms. The molecule has 0 atom stereocenters. The summed E-state index contributed by atoms with van der Waals surface area (Å²) in [4.78, 5) is 16.3. The topological polar surface area (TPSA) is 76.7 Å². The Bertz CT molecular complexity index is 519. The standard InChI is InChI=1S/C17H27N3O2/c1-5-6-10-19-16(18)20-12-13-8-7-9-14(11-13)15(21)22-17(2,3)4/h7-9,11H,5-6,10,12H2,1-4H3,(H3,18,19,20). The molecule has 1 rings (SSSR count). The van der Waals surface area contributed by atoms with Crippen molar-refractivity contribution in [3.05, 3.63) is 35.4 Å². The van der Waals surface area contributed by atoms with E-state index in [4.69, 9.17) is 10.5 Å². The Kier molecular flexibility index (Phi) is 6.89. The maximum atomic E-state index is 12.0. The summed E-state index contributed by atoms with van der Waals surface area (Å²) in [6, 6.07) is 7.27. The highest BCUT2D eigenvalue weighted by atomic mass is 16.6. The van der Waals surface area contributed by atoms with E-state index in [1.165, 1.54) is 0 Å². The molecule has 0 fully saturated rings. The number of aliphatic imine (C=N–C) groups is 1. The zero-order valence-electron chi connectivity index (χ0n) is 14.0. The summed E-state index contributed by atoms with van der Waals surface area (Å²) in [6.45, 7) is 8.92. The number of nitrogens with one attached hydrogen (secondary N) is 1. The van der Waals surface area contributed by atoms with E-state index in [0.717, 1.165) is 24.9 Å². The molecule has 0 aliphatic rings. The highest BCUT2D eigenvalue weighted by Crippen LogP contribution is 2.13. The van der Waals surface area contributed by atoms with E-state index in [-0.39, 0.29) is 5.97 Å². The van der Waals surface area contributed by atoms with Crippen molar-refractivity contribution in [3.63, 3.8) is 0 Å². The van der Waals surface area contributed by atoms with Crippen LogP contribution in [-0.4, -0.2) is 24.1 Å². The number of hydrogen-bond acceptors (Lipinski definition) is 3. The zero-order chi connectivity index (χ0) is 16.6. The number of hydrogen-bond donors (Lipinski definition) is 2. The Balaban J connectivity index is 2.64. The average molecular weight is 305 g/mol. The minimum atomic E-state index is -0.501. The molecule has 0 saturated carbocycles. The van der Waals surface area contributed by atoms with Gasteiger partial charge in [0, 0.05) is 6.54 Å². The molecule has 0 amide bonds. The van der Waals surface area contributed by atoms with Crippen molar-refractivity contribution in [1.29, 1.82) is 0 Å². The van der Waals surface area contributed by atoms with Crippen LogP contribution >= 0.6 is 0 Å². The van der Waals surface area contributed by atoms with Crippen molar-refractivity contribution in [2.24, 2.45) is 10.7 Å². The van der Waals surface area contributed by atoms with Crippen LogP contribution in [0.5, 0.6) is 0 Å². The number of nitrogens with two attached hydrogens (primary N) is 1. The average Bonchev–Trinajstić information content (AvgIpc) is 2.44. The summed E-state index contributed by atoms with van der Waals surface area (Å²) in [5.74, 6) is 0.100. The molecule has 3 N–H and O–H groups in total. The summed E-state index contributed by atoms with van der Waals surface area (Å²) >= 11 is 0. The summed E-state index contributed by atoms with van der Waals surface area (Å²) in [7, 11) is 0. The van der Waals surface area contributed by atoms with E-state index < -0.39 is 5.60 Å². The number of benzene rings is 1. The molecule has 0 radical (unpaired) electrons. The van der Waals surface area contributed by atoms with Crippen LogP contribution < -0.4 is 11.1 Å². The second-order valence-corrected chi connectivity index (χ2v) is 6.18. The summed E-state index contributed by atoms with van der Waals surface area (Å²) < 4.78 is 5.36. The van der Waals surface area contributed by atoms with Gasteiger partial charge in [0.25, 0.3) is 0 Å². The van der Waals surface area contributed by atoms with Gasteiger partial charge in [-0.15, -0.1) is 0 Å². The fraction of sp³-hybridized carbons (Fsp3) is 0.529. The quantitative estimate of drug-likeness (QED) is 0.367. The molecular formula is C17H27N3O2. The van der Waals surface area contributed by atoms with Crippen molar-refractivity contribution >= 4 is 11.9 Å². The van der Waals surface area contributed by atoms with Crippen LogP contribution in [0.25, 0.3) is 0 Å². The molecule has 0 aliphatic carbocycles. The Morgan fingerprint density at radius 2 is 2.09 bits per heavy atom. The third kappa shape index (κ3) is 7.11. The monoisotopic (exact) mass is 305 g/mol. The molecule has 0 aliphatic heterocycles. The number of rotatable bonds is 6. The Morgan fingerprint density at radius 1 is 1.36 bits per heavy atom. The predicted octanol–water partition coefficient (Wildman–Crippen LogP) is 2.85. The molecule has 5 nitrogen and oxygen atoms in total. The molecule has 0 unspecified atom stereocenters. The second-order valence-electron chi connectivity index (χ2n) is 6.18. The molecule has 122 valence electrons. The third-order valence-electron chi connectivity index (χ3n) is 2.83. The lowest BCUT2D eigenvalue weighted by Gasteiger charge is -2.19. The van der Waals surface area contributed by atoms with Crippen LogP contribution in [0, 0.1) is 0 Å². The minimum absolute atomic E-state index is 0.327. The van der Waals surface area contributed by atoms with Gasteiger partial charge in [-0.25, -0.2) is 9.79 Å². The van der Waals surface area contributed by atoms with Gasteiger partial charge in [-0.3, -0.25) is 0 Å². The normalized spacial score (nSPS) is 12.1. The number of esters is 1. The fourth-order valence-electron chi connectivity index (χ4n) is 1.76. The number of guanidine groups is 1. The van der Waals surface area contributed by atoms with Crippen molar-refractivity contribution in [1.82, 2.24) is 5.32 Å². The largest absolute Gasteiger partial charge is 0.456 e. The molecular weight excluding hydrogens is 278 g/mol. The predicted molar refractivity (Wildman–Crippen MR) is 89.8 cm³/mol. The number of nitrogens with zero attached hydrogens (tertiary/aromatic N) is 1. The van der Waals surface area contributed by atoms with Crippen molar-refractivity contribution < 1.29 is 9.53 Å². The Labute approximate surface area is 133 Å². The van der Waals surface area contributed by atoms with Gasteiger partial charge >= 0.3 is 5.97 Å². The molecule has 1 aromatic carbocycles. The van der Waals surface area contributed by atoms with Crippen LogP contribution in [0.2, 0.25) is 0 Å². The van der Waals surface area contributed by atoms with E-state index in [0.29, 0.717) is 18.1 Å². The first-order chi connectivity index (χ1) is 10.3.